The second kappa shape index (κ2) is 7.13. The van der Waals surface area contributed by atoms with E-state index in [0.29, 0.717) is 24.3 Å². The molecule has 0 atom stereocenters. The van der Waals surface area contributed by atoms with E-state index in [-0.39, 0.29) is 18.4 Å². The van der Waals surface area contributed by atoms with Crippen molar-refractivity contribution >= 4 is 33.4 Å². The minimum absolute atomic E-state index is 0.0512. The van der Waals surface area contributed by atoms with Gasteiger partial charge in [0.15, 0.2) is 0 Å². The summed E-state index contributed by atoms with van der Waals surface area (Å²) in [7, 11) is 0. The minimum atomic E-state index is -0.207. The standard InChI is InChI=1S/C13H18BrN3O2/c1-3-16-12(18)8-17(4-2)13(19)9-5-10(14)7-11(15)6-9/h5-7H,3-4,8,15H2,1-2H3,(H,16,18). The molecule has 1 aromatic rings. The molecule has 104 valence electrons. The van der Waals surface area contributed by atoms with Gasteiger partial charge in [0.05, 0.1) is 6.54 Å². The summed E-state index contributed by atoms with van der Waals surface area (Å²) in [6.45, 7) is 4.73. The second-order valence-corrected chi connectivity index (χ2v) is 4.96. The smallest absolute Gasteiger partial charge is 0.254 e. The molecule has 0 saturated heterocycles. The largest absolute Gasteiger partial charge is 0.399 e. The van der Waals surface area contributed by atoms with Crippen molar-refractivity contribution in [3.63, 3.8) is 0 Å². The van der Waals surface area contributed by atoms with Crippen LogP contribution in [-0.2, 0) is 4.79 Å². The van der Waals surface area contributed by atoms with Gasteiger partial charge in [-0.05, 0) is 32.0 Å². The molecule has 1 aromatic carbocycles. The molecule has 1 rings (SSSR count). The maximum Gasteiger partial charge on any atom is 0.254 e. The van der Waals surface area contributed by atoms with Crippen molar-refractivity contribution in [2.24, 2.45) is 0 Å². The number of halogens is 1. The molecule has 0 spiro atoms. The summed E-state index contributed by atoms with van der Waals surface area (Å²) < 4.78 is 0.741. The Labute approximate surface area is 121 Å². The van der Waals surface area contributed by atoms with Crippen molar-refractivity contribution in [2.75, 3.05) is 25.4 Å². The number of hydrogen-bond donors (Lipinski definition) is 2. The molecule has 0 unspecified atom stereocenters. The highest BCUT2D eigenvalue weighted by Crippen LogP contribution is 2.18. The molecule has 0 bridgehead atoms. The maximum absolute atomic E-state index is 12.3. The van der Waals surface area contributed by atoms with Gasteiger partial charge >= 0.3 is 0 Å². The monoisotopic (exact) mass is 327 g/mol. The van der Waals surface area contributed by atoms with E-state index in [4.69, 9.17) is 5.73 Å². The van der Waals surface area contributed by atoms with Crippen LogP contribution in [0.4, 0.5) is 5.69 Å². The van der Waals surface area contributed by atoms with Crippen LogP contribution >= 0.6 is 15.9 Å². The van der Waals surface area contributed by atoms with Gasteiger partial charge in [-0.1, -0.05) is 15.9 Å². The van der Waals surface area contributed by atoms with E-state index in [1.807, 2.05) is 13.8 Å². The number of likely N-dealkylation sites (N-methyl/N-ethyl adjacent to an activating group) is 2. The lowest BCUT2D eigenvalue weighted by Gasteiger charge is -2.20. The zero-order valence-electron chi connectivity index (χ0n) is 11.1. The molecule has 0 heterocycles. The van der Waals surface area contributed by atoms with Crippen LogP contribution in [0.5, 0.6) is 0 Å². The fourth-order valence-electron chi connectivity index (χ4n) is 1.67. The summed E-state index contributed by atoms with van der Waals surface area (Å²) in [5.74, 6) is -0.373. The summed E-state index contributed by atoms with van der Waals surface area (Å²) in [4.78, 5) is 25.3. The number of nitrogens with zero attached hydrogens (tertiary/aromatic N) is 1. The Balaban J connectivity index is 2.86. The number of rotatable bonds is 5. The topological polar surface area (TPSA) is 75.4 Å². The molecule has 2 amide bonds. The first kappa shape index (κ1) is 15.5. The Bertz CT molecular complexity index is 457. The van der Waals surface area contributed by atoms with Gasteiger partial charge in [-0.15, -0.1) is 0 Å². The van der Waals surface area contributed by atoms with Gasteiger partial charge in [0.2, 0.25) is 5.91 Å². The predicted molar refractivity (Wildman–Crippen MR) is 78.8 cm³/mol. The van der Waals surface area contributed by atoms with Crippen molar-refractivity contribution in [1.29, 1.82) is 0 Å². The molecule has 19 heavy (non-hydrogen) atoms. The van der Waals surface area contributed by atoms with Crippen molar-refractivity contribution in [3.05, 3.63) is 28.2 Å². The van der Waals surface area contributed by atoms with Crippen LogP contribution in [0.1, 0.15) is 24.2 Å². The number of nitrogens with one attached hydrogen (secondary N) is 1. The molecule has 0 aliphatic heterocycles. The average molecular weight is 328 g/mol. The number of benzene rings is 1. The van der Waals surface area contributed by atoms with Crippen molar-refractivity contribution < 1.29 is 9.59 Å². The Kier molecular flexibility index (Phi) is 5.82. The van der Waals surface area contributed by atoms with E-state index < -0.39 is 0 Å². The van der Waals surface area contributed by atoms with Gasteiger partial charge in [0.25, 0.3) is 5.91 Å². The number of carbonyl (C=O) groups is 2. The van der Waals surface area contributed by atoms with E-state index in [9.17, 15) is 9.59 Å². The van der Waals surface area contributed by atoms with Crippen molar-refractivity contribution in [2.45, 2.75) is 13.8 Å². The number of nitrogen functional groups attached to an aromatic ring is 1. The third-order valence-corrected chi connectivity index (χ3v) is 3.00. The summed E-state index contributed by atoms with van der Waals surface area (Å²) in [6, 6.07) is 5.02. The minimum Gasteiger partial charge on any atom is -0.399 e. The first-order valence-electron chi connectivity index (χ1n) is 6.10. The lowest BCUT2D eigenvalue weighted by atomic mass is 10.1. The SMILES string of the molecule is CCNC(=O)CN(CC)C(=O)c1cc(N)cc(Br)c1. The summed E-state index contributed by atoms with van der Waals surface area (Å²) >= 11 is 3.30. The summed E-state index contributed by atoms with van der Waals surface area (Å²) in [5.41, 5.74) is 6.68. The van der Waals surface area contributed by atoms with E-state index in [2.05, 4.69) is 21.2 Å². The number of anilines is 1. The van der Waals surface area contributed by atoms with Crippen LogP contribution in [0.25, 0.3) is 0 Å². The second-order valence-electron chi connectivity index (χ2n) is 4.05. The van der Waals surface area contributed by atoms with Gasteiger partial charge in [-0.2, -0.15) is 0 Å². The van der Waals surface area contributed by atoms with Crippen LogP contribution in [-0.4, -0.2) is 36.3 Å². The summed E-state index contributed by atoms with van der Waals surface area (Å²) in [6.07, 6.45) is 0. The fraction of sp³-hybridized carbons (Fsp3) is 0.385. The fourth-order valence-corrected chi connectivity index (χ4v) is 2.18. The van der Waals surface area contributed by atoms with Gasteiger partial charge in [-0.25, -0.2) is 0 Å². The first-order chi connectivity index (χ1) is 8.97. The summed E-state index contributed by atoms with van der Waals surface area (Å²) in [5, 5.41) is 2.67. The number of nitrogens with two attached hydrogens (primary N) is 1. The highest BCUT2D eigenvalue weighted by Gasteiger charge is 2.17. The third-order valence-electron chi connectivity index (χ3n) is 2.54. The van der Waals surface area contributed by atoms with Gasteiger partial charge in [-0.3, -0.25) is 9.59 Å². The molecule has 0 aliphatic carbocycles. The molecule has 5 nitrogen and oxygen atoms in total. The normalized spacial score (nSPS) is 10.1. The van der Waals surface area contributed by atoms with Crippen molar-refractivity contribution in [1.82, 2.24) is 10.2 Å². The molecule has 0 saturated carbocycles. The average Bonchev–Trinajstić information content (AvgIpc) is 2.34. The lowest BCUT2D eigenvalue weighted by Crippen LogP contribution is -2.40. The quantitative estimate of drug-likeness (QED) is 0.807. The van der Waals surface area contributed by atoms with Gasteiger partial charge < -0.3 is 16.0 Å². The highest BCUT2D eigenvalue weighted by molar-refractivity contribution is 9.10. The number of hydrogen-bond acceptors (Lipinski definition) is 3. The van der Waals surface area contributed by atoms with Crippen LogP contribution in [0.15, 0.2) is 22.7 Å². The van der Waals surface area contributed by atoms with Gasteiger partial charge in [0.1, 0.15) is 0 Å². The maximum atomic E-state index is 12.3. The Hall–Kier alpha value is -1.56. The van der Waals surface area contributed by atoms with Crippen LogP contribution in [0, 0.1) is 0 Å². The molecular weight excluding hydrogens is 310 g/mol. The van der Waals surface area contributed by atoms with Crippen LogP contribution in [0.3, 0.4) is 0 Å². The molecule has 0 fully saturated rings. The first-order valence-corrected chi connectivity index (χ1v) is 6.89. The van der Waals surface area contributed by atoms with E-state index in [1.54, 1.807) is 18.2 Å². The Morgan fingerprint density at radius 1 is 1.32 bits per heavy atom. The van der Waals surface area contributed by atoms with Crippen LogP contribution < -0.4 is 11.1 Å². The zero-order valence-corrected chi connectivity index (χ0v) is 12.7. The number of carbonyl (C=O) groups excluding carboxylic acids is 2. The highest BCUT2D eigenvalue weighted by atomic mass is 79.9. The molecule has 3 N–H and O–H groups in total. The Morgan fingerprint density at radius 3 is 2.53 bits per heavy atom. The van der Waals surface area contributed by atoms with E-state index in [1.165, 1.54) is 4.90 Å². The number of amides is 2. The molecule has 0 aromatic heterocycles. The van der Waals surface area contributed by atoms with Crippen molar-refractivity contribution in [3.8, 4) is 0 Å². The molecular formula is C13H18BrN3O2. The van der Waals surface area contributed by atoms with E-state index in [0.717, 1.165) is 4.47 Å². The third kappa shape index (κ3) is 4.55. The molecule has 6 heteroatoms. The zero-order chi connectivity index (χ0) is 14.4. The van der Waals surface area contributed by atoms with E-state index >= 15 is 0 Å². The van der Waals surface area contributed by atoms with Crippen LogP contribution in [0.2, 0.25) is 0 Å². The lowest BCUT2D eigenvalue weighted by molar-refractivity contribution is -0.121. The molecule has 0 aliphatic rings. The Morgan fingerprint density at radius 2 is 2.00 bits per heavy atom. The van der Waals surface area contributed by atoms with Gasteiger partial charge in [0, 0.05) is 28.8 Å². The molecule has 0 radical (unpaired) electrons. The predicted octanol–water partition coefficient (Wildman–Crippen LogP) is 1.63.